The molecule has 1 unspecified atom stereocenters. The first kappa shape index (κ1) is 14.3. The first-order valence-electron chi connectivity index (χ1n) is 5.64. The van der Waals surface area contributed by atoms with Crippen molar-refractivity contribution in [1.82, 2.24) is 5.32 Å². The van der Waals surface area contributed by atoms with E-state index in [-0.39, 0.29) is 5.54 Å². The van der Waals surface area contributed by atoms with Gasteiger partial charge in [-0.05, 0) is 50.7 Å². The van der Waals surface area contributed by atoms with Gasteiger partial charge in [-0.3, -0.25) is 0 Å². The van der Waals surface area contributed by atoms with Gasteiger partial charge in [0.15, 0.2) is 0 Å². The molecule has 0 amide bonds. The van der Waals surface area contributed by atoms with E-state index < -0.39 is 0 Å². The summed E-state index contributed by atoms with van der Waals surface area (Å²) < 4.78 is 0. The molecule has 0 aromatic heterocycles. The topological polar surface area (TPSA) is 12.0 Å². The first-order chi connectivity index (χ1) is 6.31. The van der Waals surface area contributed by atoms with Gasteiger partial charge in [0.1, 0.15) is 0 Å². The Morgan fingerprint density at radius 2 is 1.64 bits per heavy atom. The Morgan fingerprint density at radius 1 is 1.07 bits per heavy atom. The maximum Gasteiger partial charge on any atom is 0.00966 e. The fraction of sp³-hybridized carbons (Fsp3) is 1.00. The lowest BCUT2D eigenvalue weighted by Gasteiger charge is -2.23. The third-order valence-corrected chi connectivity index (χ3v) is 3.54. The van der Waals surface area contributed by atoms with Crippen LogP contribution in [0.2, 0.25) is 0 Å². The van der Waals surface area contributed by atoms with Crippen molar-refractivity contribution in [2.24, 2.45) is 11.8 Å². The maximum absolute atomic E-state index is 3.55. The van der Waals surface area contributed by atoms with Crippen LogP contribution in [0.3, 0.4) is 0 Å². The second kappa shape index (κ2) is 6.73. The maximum atomic E-state index is 3.55. The molecule has 0 bridgehead atoms. The zero-order valence-corrected chi connectivity index (χ0v) is 11.5. The van der Waals surface area contributed by atoms with E-state index in [4.69, 9.17) is 0 Å². The van der Waals surface area contributed by atoms with Crippen LogP contribution in [0.25, 0.3) is 0 Å². The summed E-state index contributed by atoms with van der Waals surface area (Å²) in [5.41, 5.74) is 0.261. The third kappa shape index (κ3) is 10.4. The number of thioether (sulfide) groups is 1. The Bertz CT molecular complexity index is 138. The van der Waals surface area contributed by atoms with E-state index in [9.17, 15) is 0 Å². The molecule has 0 radical (unpaired) electrons. The minimum Gasteiger partial charge on any atom is -0.312 e. The van der Waals surface area contributed by atoms with Crippen molar-refractivity contribution in [2.45, 2.75) is 47.1 Å². The number of rotatable bonds is 6. The molecule has 1 nitrogen and oxygen atoms in total. The molecule has 0 saturated heterocycles. The molecule has 0 aromatic rings. The van der Waals surface area contributed by atoms with Gasteiger partial charge in [-0.15, -0.1) is 0 Å². The molecule has 0 aliphatic rings. The van der Waals surface area contributed by atoms with E-state index >= 15 is 0 Å². The van der Waals surface area contributed by atoms with Crippen molar-refractivity contribution in [3.8, 4) is 0 Å². The summed E-state index contributed by atoms with van der Waals surface area (Å²) in [6, 6.07) is 0. The average Bonchev–Trinajstić information content (AvgIpc) is 1.99. The summed E-state index contributed by atoms with van der Waals surface area (Å²) in [7, 11) is 0. The quantitative estimate of drug-likeness (QED) is 0.732. The molecule has 86 valence electrons. The second-order valence-corrected chi connectivity index (χ2v) is 6.74. The molecule has 0 saturated carbocycles. The minimum atomic E-state index is 0.261. The Kier molecular flexibility index (Phi) is 6.88. The summed E-state index contributed by atoms with van der Waals surface area (Å²) in [5, 5.41) is 3.55. The molecule has 0 heterocycles. The van der Waals surface area contributed by atoms with Gasteiger partial charge in [0.05, 0.1) is 0 Å². The Morgan fingerprint density at radius 3 is 2.07 bits per heavy atom. The highest BCUT2D eigenvalue weighted by Gasteiger charge is 2.10. The van der Waals surface area contributed by atoms with E-state index in [2.05, 4.69) is 58.6 Å². The second-order valence-electron chi connectivity index (χ2n) is 5.67. The highest BCUT2D eigenvalue weighted by molar-refractivity contribution is 7.99. The zero-order valence-electron chi connectivity index (χ0n) is 10.7. The van der Waals surface area contributed by atoms with Crippen LogP contribution in [-0.4, -0.2) is 23.6 Å². The molecule has 1 N–H and O–H groups in total. The zero-order chi connectivity index (χ0) is 11.2. The first-order valence-corrected chi connectivity index (χ1v) is 6.79. The molecular formula is C12H27NS. The van der Waals surface area contributed by atoms with Crippen molar-refractivity contribution in [2.75, 3.05) is 18.1 Å². The fourth-order valence-corrected chi connectivity index (χ4v) is 2.17. The average molecular weight is 217 g/mol. The highest BCUT2D eigenvalue weighted by atomic mass is 32.2. The van der Waals surface area contributed by atoms with Crippen LogP contribution in [0.5, 0.6) is 0 Å². The Balaban J connectivity index is 3.42. The molecule has 2 heteroatoms. The molecule has 1 atom stereocenters. The predicted octanol–water partition coefficient (Wildman–Crippen LogP) is 3.40. The number of hydrogen-bond acceptors (Lipinski definition) is 2. The van der Waals surface area contributed by atoms with E-state index in [1.807, 2.05) is 0 Å². The monoisotopic (exact) mass is 217 g/mol. The molecule has 0 aromatic carbocycles. The van der Waals surface area contributed by atoms with Crippen molar-refractivity contribution in [1.29, 1.82) is 0 Å². The van der Waals surface area contributed by atoms with Crippen LogP contribution in [0.4, 0.5) is 0 Å². The van der Waals surface area contributed by atoms with Crippen LogP contribution >= 0.6 is 11.8 Å². The van der Waals surface area contributed by atoms with E-state index in [0.717, 1.165) is 18.4 Å². The van der Waals surface area contributed by atoms with Crippen molar-refractivity contribution >= 4 is 11.8 Å². The van der Waals surface area contributed by atoms with Gasteiger partial charge in [-0.1, -0.05) is 20.8 Å². The Hall–Kier alpha value is 0.310. The fourth-order valence-electron chi connectivity index (χ4n) is 1.04. The molecule has 0 aliphatic heterocycles. The largest absolute Gasteiger partial charge is 0.312 e. The normalized spacial score (nSPS) is 14.8. The van der Waals surface area contributed by atoms with Crippen molar-refractivity contribution in [3.05, 3.63) is 0 Å². The molecule has 0 spiro atoms. The van der Waals surface area contributed by atoms with Crippen LogP contribution in [-0.2, 0) is 0 Å². The lowest BCUT2D eigenvalue weighted by molar-refractivity contribution is 0.395. The van der Waals surface area contributed by atoms with Gasteiger partial charge in [0, 0.05) is 5.54 Å². The molecule has 0 rings (SSSR count). The van der Waals surface area contributed by atoms with Gasteiger partial charge in [0.2, 0.25) is 0 Å². The number of nitrogens with one attached hydrogen (secondary N) is 1. The summed E-state index contributed by atoms with van der Waals surface area (Å²) >= 11 is 2.08. The summed E-state index contributed by atoms with van der Waals surface area (Å²) in [5.74, 6) is 4.17. The van der Waals surface area contributed by atoms with Crippen LogP contribution in [0, 0.1) is 11.8 Å². The molecule has 14 heavy (non-hydrogen) atoms. The summed E-state index contributed by atoms with van der Waals surface area (Å²) in [6.45, 7) is 14.7. The standard InChI is InChI=1S/C12H27NS/c1-10(2)8-14-9-11(3)7-13-12(4,5)6/h10-11,13H,7-9H2,1-6H3. The summed E-state index contributed by atoms with van der Waals surface area (Å²) in [6.07, 6.45) is 0. The third-order valence-electron chi connectivity index (χ3n) is 1.83. The van der Waals surface area contributed by atoms with Crippen molar-refractivity contribution < 1.29 is 0 Å². The van der Waals surface area contributed by atoms with Crippen LogP contribution in [0.1, 0.15) is 41.5 Å². The van der Waals surface area contributed by atoms with Gasteiger partial charge in [0.25, 0.3) is 0 Å². The molecule has 0 fully saturated rings. The highest BCUT2D eigenvalue weighted by Crippen LogP contribution is 2.12. The molecule has 0 aliphatic carbocycles. The van der Waals surface area contributed by atoms with Crippen LogP contribution < -0.4 is 5.32 Å². The van der Waals surface area contributed by atoms with E-state index in [1.54, 1.807) is 0 Å². The smallest absolute Gasteiger partial charge is 0.00966 e. The molecular weight excluding hydrogens is 190 g/mol. The Labute approximate surface area is 94.4 Å². The van der Waals surface area contributed by atoms with E-state index in [0.29, 0.717) is 0 Å². The number of hydrogen-bond donors (Lipinski definition) is 1. The van der Waals surface area contributed by atoms with Crippen LogP contribution in [0.15, 0.2) is 0 Å². The van der Waals surface area contributed by atoms with Gasteiger partial charge in [-0.2, -0.15) is 11.8 Å². The lowest BCUT2D eigenvalue weighted by atomic mass is 10.1. The predicted molar refractivity (Wildman–Crippen MR) is 69.1 cm³/mol. The SMILES string of the molecule is CC(C)CSCC(C)CNC(C)(C)C. The van der Waals surface area contributed by atoms with Gasteiger partial charge < -0.3 is 5.32 Å². The minimum absolute atomic E-state index is 0.261. The summed E-state index contributed by atoms with van der Waals surface area (Å²) in [4.78, 5) is 0. The van der Waals surface area contributed by atoms with Gasteiger partial charge >= 0.3 is 0 Å². The van der Waals surface area contributed by atoms with E-state index in [1.165, 1.54) is 11.5 Å². The van der Waals surface area contributed by atoms with Crippen molar-refractivity contribution in [3.63, 3.8) is 0 Å². The lowest BCUT2D eigenvalue weighted by Crippen LogP contribution is -2.39. The van der Waals surface area contributed by atoms with Gasteiger partial charge in [-0.25, -0.2) is 0 Å².